The molecule has 1 fully saturated rings. The molecule has 2 unspecified atom stereocenters. The maximum absolute atomic E-state index is 5.52. The summed E-state index contributed by atoms with van der Waals surface area (Å²) in [6.07, 6.45) is 3.68. The van der Waals surface area contributed by atoms with Crippen molar-refractivity contribution >= 4 is 0 Å². The SMILES string of the molecule is CCCC1CNC(C)CN1CCCOCCOC. The number of nitrogens with one attached hydrogen (secondary N) is 1. The lowest BCUT2D eigenvalue weighted by Gasteiger charge is -2.39. The van der Waals surface area contributed by atoms with Crippen molar-refractivity contribution in [2.24, 2.45) is 0 Å². The zero-order chi connectivity index (χ0) is 13.2. The first-order valence-electron chi connectivity index (χ1n) is 7.32. The zero-order valence-corrected chi connectivity index (χ0v) is 12.3. The van der Waals surface area contributed by atoms with Crippen LogP contribution >= 0.6 is 0 Å². The van der Waals surface area contributed by atoms with Gasteiger partial charge in [0.25, 0.3) is 0 Å². The maximum Gasteiger partial charge on any atom is 0.0700 e. The Morgan fingerprint density at radius 1 is 1.28 bits per heavy atom. The van der Waals surface area contributed by atoms with Crippen molar-refractivity contribution in [3.8, 4) is 0 Å². The first-order valence-corrected chi connectivity index (χ1v) is 7.32. The van der Waals surface area contributed by atoms with Gasteiger partial charge in [-0.05, 0) is 19.8 Å². The minimum atomic E-state index is 0.618. The fourth-order valence-corrected chi connectivity index (χ4v) is 2.54. The van der Waals surface area contributed by atoms with Crippen LogP contribution in [0.3, 0.4) is 0 Å². The van der Waals surface area contributed by atoms with Gasteiger partial charge < -0.3 is 14.8 Å². The quantitative estimate of drug-likeness (QED) is 0.636. The molecule has 4 heteroatoms. The summed E-state index contributed by atoms with van der Waals surface area (Å²) >= 11 is 0. The summed E-state index contributed by atoms with van der Waals surface area (Å²) in [4.78, 5) is 2.63. The second-order valence-corrected chi connectivity index (χ2v) is 5.21. The molecule has 0 bridgehead atoms. The number of piperazine rings is 1. The Hall–Kier alpha value is -0.160. The predicted molar refractivity (Wildman–Crippen MR) is 75.0 cm³/mol. The highest BCUT2D eigenvalue weighted by atomic mass is 16.5. The second-order valence-electron chi connectivity index (χ2n) is 5.21. The van der Waals surface area contributed by atoms with Crippen LogP contribution in [0.1, 0.15) is 33.1 Å². The van der Waals surface area contributed by atoms with Crippen molar-refractivity contribution in [2.75, 3.05) is 46.6 Å². The van der Waals surface area contributed by atoms with Gasteiger partial charge in [-0.15, -0.1) is 0 Å². The highest BCUT2D eigenvalue weighted by Crippen LogP contribution is 2.12. The van der Waals surface area contributed by atoms with Gasteiger partial charge in [0.15, 0.2) is 0 Å². The summed E-state index contributed by atoms with van der Waals surface area (Å²) in [6, 6.07) is 1.33. The number of nitrogens with zero attached hydrogens (tertiary/aromatic N) is 1. The third kappa shape index (κ3) is 6.14. The van der Waals surface area contributed by atoms with E-state index in [1.54, 1.807) is 7.11 Å². The molecule has 2 atom stereocenters. The Bertz CT molecular complexity index is 202. The van der Waals surface area contributed by atoms with Crippen LogP contribution in [0.25, 0.3) is 0 Å². The Balaban J connectivity index is 2.15. The highest BCUT2D eigenvalue weighted by Gasteiger charge is 2.24. The van der Waals surface area contributed by atoms with E-state index in [1.165, 1.54) is 19.4 Å². The average molecular weight is 258 g/mol. The molecule has 0 aliphatic carbocycles. The largest absolute Gasteiger partial charge is 0.382 e. The van der Waals surface area contributed by atoms with Gasteiger partial charge in [-0.3, -0.25) is 4.90 Å². The molecule has 0 amide bonds. The second kappa shape index (κ2) is 9.73. The minimum absolute atomic E-state index is 0.618. The molecule has 18 heavy (non-hydrogen) atoms. The van der Waals surface area contributed by atoms with Crippen molar-refractivity contribution in [2.45, 2.75) is 45.2 Å². The number of rotatable bonds is 9. The van der Waals surface area contributed by atoms with Crippen LogP contribution < -0.4 is 5.32 Å². The summed E-state index contributed by atoms with van der Waals surface area (Å²) in [5.74, 6) is 0. The third-order valence-electron chi connectivity index (χ3n) is 3.51. The lowest BCUT2D eigenvalue weighted by atomic mass is 10.1. The van der Waals surface area contributed by atoms with Crippen LogP contribution in [0.2, 0.25) is 0 Å². The summed E-state index contributed by atoms with van der Waals surface area (Å²) in [5, 5.41) is 3.58. The lowest BCUT2D eigenvalue weighted by Crippen LogP contribution is -2.55. The van der Waals surface area contributed by atoms with E-state index in [2.05, 4.69) is 24.1 Å². The van der Waals surface area contributed by atoms with E-state index in [0.717, 1.165) is 26.1 Å². The summed E-state index contributed by atoms with van der Waals surface area (Å²) < 4.78 is 10.5. The van der Waals surface area contributed by atoms with Crippen LogP contribution in [-0.4, -0.2) is 63.5 Å². The van der Waals surface area contributed by atoms with Gasteiger partial charge in [-0.1, -0.05) is 13.3 Å². The molecule has 0 radical (unpaired) electrons. The molecule has 0 aromatic carbocycles. The molecule has 1 saturated heterocycles. The molecule has 1 heterocycles. The number of methoxy groups -OCH3 is 1. The van der Waals surface area contributed by atoms with Crippen LogP contribution in [0, 0.1) is 0 Å². The third-order valence-corrected chi connectivity index (χ3v) is 3.51. The van der Waals surface area contributed by atoms with Crippen molar-refractivity contribution in [1.82, 2.24) is 10.2 Å². The van der Waals surface area contributed by atoms with Crippen LogP contribution in [0.5, 0.6) is 0 Å². The minimum Gasteiger partial charge on any atom is -0.382 e. The Morgan fingerprint density at radius 3 is 2.83 bits per heavy atom. The van der Waals surface area contributed by atoms with Gasteiger partial charge in [-0.2, -0.15) is 0 Å². The molecule has 0 saturated carbocycles. The fourth-order valence-electron chi connectivity index (χ4n) is 2.54. The standard InChI is InChI=1S/C14H30N2O2/c1-4-6-14-11-15-13(2)12-16(14)7-5-8-18-10-9-17-3/h13-15H,4-12H2,1-3H3. The number of ether oxygens (including phenoxy) is 2. The van der Waals surface area contributed by atoms with Crippen LogP contribution in [0.15, 0.2) is 0 Å². The van der Waals surface area contributed by atoms with Crippen molar-refractivity contribution in [3.05, 3.63) is 0 Å². The molecule has 0 spiro atoms. The Kier molecular flexibility index (Phi) is 8.59. The van der Waals surface area contributed by atoms with E-state index in [1.807, 2.05) is 0 Å². The highest BCUT2D eigenvalue weighted by molar-refractivity contribution is 4.83. The van der Waals surface area contributed by atoms with Gasteiger partial charge >= 0.3 is 0 Å². The average Bonchev–Trinajstić information content (AvgIpc) is 2.37. The molecule has 108 valence electrons. The topological polar surface area (TPSA) is 33.7 Å². The Morgan fingerprint density at radius 2 is 2.11 bits per heavy atom. The van der Waals surface area contributed by atoms with Gasteiger partial charge in [-0.25, -0.2) is 0 Å². The van der Waals surface area contributed by atoms with E-state index < -0.39 is 0 Å². The predicted octanol–water partition coefficient (Wildman–Crippen LogP) is 1.50. The van der Waals surface area contributed by atoms with Gasteiger partial charge in [0.2, 0.25) is 0 Å². The van der Waals surface area contributed by atoms with E-state index in [4.69, 9.17) is 9.47 Å². The first kappa shape index (κ1) is 15.9. The summed E-state index contributed by atoms with van der Waals surface area (Å²) in [6.45, 7) is 10.3. The molecular weight excluding hydrogens is 228 g/mol. The van der Waals surface area contributed by atoms with E-state index >= 15 is 0 Å². The van der Waals surface area contributed by atoms with Gasteiger partial charge in [0.05, 0.1) is 13.2 Å². The molecule has 1 aliphatic rings. The van der Waals surface area contributed by atoms with Gasteiger partial charge in [0, 0.05) is 45.4 Å². The summed E-state index contributed by atoms with van der Waals surface area (Å²) in [5.41, 5.74) is 0. The summed E-state index contributed by atoms with van der Waals surface area (Å²) in [7, 11) is 1.71. The van der Waals surface area contributed by atoms with Crippen LogP contribution in [-0.2, 0) is 9.47 Å². The zero-order valence-electron chi connectivity index (χ0n) is 12.3. The fraction of sp³-hybridized carbons (Fsp3) is 1.00. The molecular formula is C14H30N2O2. The van der Waals surface area contributed by atoms with Crippen molar-refractivity contribution in [1.29, 1.82) is 0 Å². The smallest absolute Gasteiger partial charge is 0.0700 e. The van der Waals surface area contributed by atoms with Gasteiger partial charge in [0.1, 0.15) is 0 Å². The lowest BCUT2D eigenvalue weighted by molar-refractivity contribution is 0.0575. The molecule has 1 N–H and O–H groups in total. The molecule has 0 aromatic rings. The molecule has 0 aromatic heterocycles. The monoisotopic (exact) mass is 258 g/mol. The Labute approximate surface area is 112 Å². The van der Waals surface area contributed by atoms with Crippen molar-refractivity contribution < 1.29 is 9.47 Å². The van der Waals surface area contributed by atoms with Crippen molar-refractivity contribution in [3.63, 3.8) is 0 Å². The number of hydrogen-bond donors (Lipinski definition) is 1. The van der Waals surface area contributed by atoms with Crippen LogP contribution in [0.4, 0.5) is 0 Å². The van der Waals surface area contributed by atoms with E-state index in [-0.39, 0.29) is 0 Å². The normalized spacial score (nSPS) is 25.5. The number of hydrogen-bond acceptors (Lipinski definition) is 4. The molecule has 4 nitrogen and oxygen atoms in total. The maximum atomic E-state index is 5.52. The van der Waals surface area contributed by atoms with E-state index in [0.29, 0.717) is 25.3 Å². The van der Waals surface area contributed by atoms with E-state index in [9.17, 15) is 0 Å². The first-order chi connectivity index (χ1) is 8.77. The molecule has 1 rings (SSSR count). The molecule has 1 aliphatic heterocycles.